The minimum absolute atomic E-state index is 0.00240. The van der Waals surface area contributed by atoms with Crippen molar-refractivity contribution in [3.63, 3.8) is 0 Å². The monoisotopic (exact) mass is 234 g/mol. The number of amides is 1. The first-order valence-electron chi connectivity index (χ1n) is 5.91. The molecule has 0 radical (unpaired) electrons. The van der Waals surface area contributed by atoms with Crippen molar-refractivity contribution in [1.29, 1.82) is 0 Å². The van der Waals surface area contributed by atoms with Crippen molar-refractivity contribution < 1.29 is 9.90 Å². The first kappa shape index (κ1) is 12.0. The van der Waals surface area contributed by atoms with Crippen LogP contribution in [0, 0.1) is 12.8 Å². The molecule has 0 spiro atoms. The van der Waals surface area contributed by atoms with Crippen LogP contribution in [0.3, 0.4) is 0 Å². The second kappa shape index (κ2) is 4.84. The molecule has 0 saturated heterocycles. The molecule has 1 aromatic heterocycles. The first-order valence-corrected chi connectivity index (χ1v) is 5.91. The standard InChI is InChI=1S/C13H18N2O2/c1-9-3-11(7-14-6-9)13(17)15(2)8-10-4-12(16)5-10/h3,6-7,10,12,16H,4-5,8H2,1-2H3. The van der Waals surface area contributed by atoms with Crippen LogP contribution in [-0.2, 0) is 0 Å². The molecule has 17 heavy (non-hydrogen) atoms. The third-order valence-corrected chi connectivity index (χ3v) is 3.21. The van der Waals surface area contributed by atoms with E-state index in [1.165, 1.54) is 0 Å². The maximum atomic E-state index is 12.1. The van der Waals surface area contributed by atoms with Crippen LogP contribution in [0.15, 0.2) is 18.5 Å². The van der Waals surface area contributed by atoms with Gasteiger partial charge in [-0.3, -0.25) is 9.78 Å². The highest BCUT2D eigenvalue weighted by Crippen LogP contribution is 2.27. The van der Waals surface area contributed by atoms with E-state index >= 15 is 0 Å². The largest absolute Gasteiger partial charge is 0.393 e. The Hall–Kier alpha value is -1.42. The minimum Gasteiger partial charge on any atom is -0.393 e. The summed E-state index contributed by atoms with van der Waals surface area (Å²) in [5, 5.41) is 9.21. The van der Waals surface area contributed by atoms with Crippen LogP contribution in [0.1, 0.15) is 28.8 Å². The maximum absolute atomic E-state index is 12.1. The van der Waals surface area contributed by atoms with Gasteiger partial charge in [-0.05, 0) is 37.3 Å². The van der Waals surface area contributed by atoms with Gasteiger partial charge >= 0.3 is 0 Å². The number of aryl methyl sites for hydroxylation is 1. The molecule has 0 aromatic carbocycles. The van der Waals surface area contributed by atoms with Gasteiger partial charge in [0.25, 0.3) is 5.91 Å². The summed E-state index contributed by atoms with van der Waals surface area (Å²) < 4.78 is 0. The molecular weight excluding hydrogens is 216 g/mol. The van der Waals surface area contributed by atoms with Crippen molar-refractivity contribution in [2.45, 2.75) is 25.9 Å². The lowest BCUT2D eigenvalue weighted by molar-refractivity contribution is 0.0265. The van der Waals surface area contributed by atoms with Gasteiger partial charge in [-0.25, -0.2) is 0 Å². The lowest BCUT2D eigenvalue weighted by Crippen LogP contribution is -2.39. The average molecular weight is 234 g/mol. The molecule has 1 amide bonds. The number of hydrogen-bond donors (Lipinski definition) is 1. The Morgan fingerprint density at radius 1 is 1.53 bits per heavy atom. The van der Waals surface area contributed by atoms with Gasteiger partial charge in [0.2, 0.25) is 0 Å². The molecule has 0 atom stereocenters. The summed E-state index contributed by atoms with van der Waals surface area (Å²) in [5.41, 5.74) is 1.62. The summed E-state index contributed by atoms with van der Waals surface area (Å²) in [7, 11) is 1.80. The number of carbonyl (C=O) groups excluding carboxylic acids is 1. The lowest BCUT2D eigenvalue weighted by atomic mass is 9.82. The highest BCUT2D eigenvalue weighted by atomic mass is 16.3. The molecule has 1 aliphatic carbocycles. The molecule has 1 aromatic rings. The summed E-state index contributed by atoms with van der Waals surface area (Å²) >= 11 is 0. The quantitative estimate of drug-likeness (QED) is 0.856. The summed E-state index contributed by atoms with van der Waals surface area (Å²) in [6.07, 6.45) is 4.79. The van der Waals surface area contributed by atoms with Crippen molar-refractivity contribution in [3.05, 3.63) is 29.6 Å². The second-order valence-electron chi connectivity index (χ2n) is 4.93. The fourth-order valence-corrected chi connectivity index (χ4v) is 2.21. The Morgan fingerprint density at radius 2 is 2.24 bits per heavy atom. The van der Waals surface area contributed by atoms with Crippen LogP contribution in [0.5, 0.6) is 0 Å². The van der Waals surface area contributed by atoms with E-state index in [2.05, 4.69) is 4.98 Å². The molecule has 2 rings (SSSR count). The van der Waals surface area contributed by atoms with Crippen LogP contribution in [0.2, 0.25) is 0 Å². The fourth-order valence-electron chi connectivity index (χ4n) is 2.21. The van der Waals surface area contributed by atoms with Gasteiger partial charge in [-0.2, -0.15) is 0 Å². The fraction of sp³-hybridized carbons (Fsp3) is 0.538. The Kier molecular flexibility index (Phi) is 3.43. The molecule has 4 heteroatoms. The van der Waals surface area contributed by atoms with Crippen molar-refractivity contribution >= 4 is 5.91 Å². The molecule has 92 valence electrons. The second-order valence-corrected chi connectivity index (χ2v) is 4.93. The van der Waals surface area contributed by atoms with Gasteiger partial charge in [0.15, 0.2) is 0 Å². The minimum atomic E-state index is -0.163. The molecule has 4 nitrogen and oxygen atoms in total. The van der Waals surface area contributed by atoms with Crippen molar-refractivity contribution in [2.24, 2.45) is 5.92 Å². The van der Waals surface area contributed by atoms with Crippen molar-refractivity contribution in [2.75, 3.05) is 13.6 Å². The summed E-state index contributed by atoms with van der Waals surface area (Å²) in [6.45, 7) is 2.63. The number of aliphatic hydroxyl groups is 1. The van der Waals surface area contributed by atoms with E-state index in [0.717, 1.165) is 18.4 Å². The number of hydrogen-bond acceptors (Lipinski definition) is 3. The number of aromatic nitrogens is 1. The molecule has 1 heterocycles. The smallest absolute Gasteiger partial charge is 0.255 e. The van der Waals surface area contributed by atoms with Gasteiger partial charge in [-0.1, -0.05) is 0 Å². The van der Waals surface area contributed by atoms with E-state index in [1.807, 2.05) is 13.0 Å². The number of carbonyl (C=O) groups is 1. The molecule has 0 bridgehead atoms. The summed E-state index contributed by atoms with van der Waals surface area (Å²) in [5.74, 6) is 0.444. The Labute approximate surface area is 101 Å². The zero-order chi connectivity index (χ0) is 12.4. The third kappa shape index (κ3) is 2.82. The van der Waals surface area contributed by atoms with E-state index in [-0.39, 0.29) is 12.0 Å². The van der Waals surface area contributed by atoms with E-state index in [0.29, 0.717) is 18.0 Å². The Balaban J connectivity index is 1.95. The lowest BCUT2D eigenvalue weighted by Gasteiger charge is -2.34. The van der Waals surface area contributed by atoms with E-state index in [4.69, 9.17) is 0 Å². The zero-order valence-corrected chi connectivity index (χ0v) is 10.3. The van der Waals surface area contributed by atoms with Crippen LogP contribution in [0.4, 0.5) is 0 Å². The highest BCUT2D eigenvalue weighted by Gasteiger charge is 2.29. The predicted molar refractivity (Wildman–Crippen MR) is 64.7 cm³/mol. The first-order chi connectivity index (χ1) is 8.06. The SMILES string of the molecule is Cc1cncc(C(=O)N(C)CC2CC(O)C2)c1. The molecule has 1 fully saturated rings. The number of pyridine rings is 1. The van der Waals surface area contributed by atoms with E-state index in [9.17, 15) is 9.90 Å². The topological polar surface area (TPSA) is 53.4 Å². The molecule has 1 aliphatic rings. The summed E-state index contributed by atoms with van der Waals surface area (Å²) in [6, 6.07) is 1.85. The summed E-state index contributed by atoms with van der Waals surface area (Å²) in [4.78, 5) is 17.8. The average Bonchev–Trinajstić information content (AvgIpc) is 2.26. The number of aliphatic hydroxyl groups excluding tert-OH is 1. The Morgan fingerprint density at radius 3 is 2.82 bits per heavy atom. The molecule has 0 unspecified atom stereocenters. The van der Waals surface area contributed by atoms with E-state index < -0.39 is 0 Å². The third-order valence-electron chi connectivity index (χ3n) is 3.21. The van der Waals surface area contributed by atoms with Gasteiger partial charge in [0.05, 0.1) is 11.7 Å². The van der Waals surface area contributed by atoms with Crippen LogP contribution in [0.25, 0.3) is 0 Å². The number of nitrogens with zero attached hydrogens (tertiary/aromatic N) is 2. The maximum Gasteiger partial charge on any atom is 0.255 e. The number of rotatable bonds is 3. The molecule has 1 N–H and O–H groups in total. The van der Waals surface area contributed by atoms with Crippen LogP contribution >= 0.6 is 0 Å². The van der Waals surface area contributed by atoms with Crippen LogP contribution in [-0.4, -0.2) is 40.6 Å². The van der Waals surface area contributed by atoms with Gasteiger partial charge in [0.1, 0.15) is 0 Å². The normalized spacial score (nSPS) is 23.0. The zero-order valence-electron chi connectivity index (χ0n) is 10.3. The molecule has 1 saturated carbocycles. The van der Waals surface area contributed by atoms with Crippen molar-refractivity contribution in [3.8, 4) is 0 Å². The highest BCUT2D eigenvalue weighted by molar-refractivity contribution is 5.93. The predicted octanol–water partition coefficient (Wildman–Crippen LogP) is 1.23. The van der Waals surface area contributed by atoms with E-state index in [1.54, 1.807) is 24.3 Å². The molecular formula is C13H18N2O2. The van der Waals surface area contributed by atoms with Gasteiger partial charge in [0, 0.05) is 26.0 Å². The van der Waals surface area contributed by atoms with Gasteiger partial charge in [-0.15, -0.1) is 0 Å². The molecule has 0 aliphatic heterocycles. The van der Waals surface area contributed by atoms with Gasteiger partial charge < -0.3 is 10.0 Å². The Bertz CT molecular complexity index is 414. The van der Waals surface area contributed by atoms with Crippen LogP contribution < -0.4 is 0 Å². The van der Waals surface area contributed by atoms with Crippen molar-refractivity contribution in [1.82, 2.24) is 9.88 Å².